The Kier molecular flexibility index (Phi) is 6.59. The lowest BCUT2D eigenvalue weighted by Crippen LogP contribution is -2.45. The van der Waals surface area contributed by atoms with Gasteiger partial charge < -0.3 is 24.8 Å². The number of carbonyl (C=O) groups is 3. The molecule has 0 radical (unpaired) electrons. The highest BCUT2D eigenvalue weighted by molar-refractivity contribution is 5.95. The molecule has 0 saturated carbocycles. The van der Waals surface area contributed by atoms with Crippen LogP contribution in [0.2, 0.25) is 0 Å². The number of carbonyl (C=O) groups excluding carboxylic acids is 3. The van der Waals surface area contributed by atoms with E-state index in [1.807, 2.05) is 0 Å². The van der Waals surface area contributed by atoms with E-state index in [1.165, 1.54) is 6.92 Å². The minimum atomic E-state index is -0.671. The third-order valence-electron chi connectivity index (χ3n) is 3.84. The summed E-state index contributed by atoms with van der Waals surface area (Å²) in [5.74, 6) is -0.514. The van der Waals surface area contributed by atoms with Crippen molar-refractivity contribution in [2.75, 3.05) is 20.3 Å². The Morgan fingerprint density at radius 3 is 2.37 bits per heavy atom. The van der Waals surface area contributed by atoms with Gasteiger partial charge in [0.15, 0.2) is 0 Å². The Hall–Kier alpha value is -3.29. The maximum atomic E-state index is 12.5. The largest absolute Gasteiger partial charge is 0.497 e. The van der Waals surface area contributed by atoms with E-state index in [-0.39, 0.29) is 24.4 Å². The molecule has 0 aromatic heterocycles. The molecule has 2 rings (SSSR count). The first-order chi connectivity index (χ1) is 12.8. The number of hydrogen-bond donors (Lipinski definition) is 2. The van der Waals surface area contributed by atoms with E-state index in [0.717, 1.165) is 0 Å². The monoisotopic (exact) mass is 374 g/mol. The molecule has 1 aromatic carbocycles. The average Bonchev–Trinajstić information content (AvgIpc) is 2.64. The maximum absolute atomic E-state index is 12.5. The molecular formula is C19H22N2O6. The minimum Gasteiger partial charge on any atom is -0.497 e. The molecule has 144 valence electrons. The topological polar surface area (TPSA) is 103 Å². The van der Waals surface area contributed by atoms with Gasteiger partial charge in [-0.05, 0) is 31.5 Å². The van der Waals surface area contributed by atoms with Gasteiger partial charge in [-0.1, -0.05) is 18.7 Å². The molecule has 0 fully saturated rings. The number of allylic oxidation sites excluding steroid dienone is 1. The fourth-order valence-corrected chi connectivity index (χ4v) is 2.48. The third-order valence-corrected chi connectivity index (χ3v) is 3.84. The van der Waals surface area contributed by atoms with Crippen molar-refractivity contribution in [3.05, 3.63) is 53.3 Å². The molecule has 2 amide bonds. The summed E-state index contributed by atoms with van der Waals surface area (Å²) in [4.78, 5) is 35.7. The summed E-state index contributed by atoms with van der Waals surface area (Å²) >= 11 is 0. The van der Waals surface area contributed by atoms with Crippen LogP contribution < -0.4 is 15.4 Å². The fourth-order valence-electron chi connectivity index (χ4n) is 2.48. The Bertz CT molecular complexity index is 782. The van der Waals surface area contributed by atoms with Crippen molar-refractivity contribution in [1.82, 2.24) is 10.6 Å². The van der Waals surface area contributed by atoms with Crippen molar-refractivity contribution in [3.8, 4) is 5.75 Å². The van der Waals surface area contributed by atoms with E-state index < -0.39 is 24.0 Å². The van der Waals surface area contributed by atoms with Crippen molar-refractivity contribution in [3.63, 3.8) is 0 Å². The van der Waals surface area contributed by atoms with E-state index in [0.29, 0.717) is 17.0 Å². The number of benzene rings is 1. The number of esters is 2. The number of urea groups is 1. The highest BCUT2D eigenvalue weighted by Crippen LogP contribution is 2.28. The molecule has 1 aliphatic heterocycles. The molecule has 0 bridgehead atoms. The normalized spacial score (nSPS) is 16.1. The Labute approximate surface area is 157 Å². The molecule has 0 aliphatic carbocycles. The summed E-state index contributed by atoms with van der Waals surface area (Å²) in [6.45, 7) is 6.41. The van der Waals surface area contributed by atoms with Gasteiger partial charge in [0.05, 0.1) is 18.7 Å². The van der Waals surface area contributed by atoms with Crippen LogP contribution in [-0.2, 0) is 19.1 Å². The van der Waals surface area contributed by atoms with Crippen molar-refractivity contribution in [2.24, 2.45) is 0 Å². The Morgan fingerprint density at radius 1 is 1.15 bits per heavy atom. The molecule has 1 heterocycles. The van der Waals surface area contributed by atoms with Crippen LogP contribution in [0.25, 0.3) is 0 Å². The standard InChI is InChI=1S/C19H22N2O6/c1-11(2)17(22)26-9-10-27-18(23)15-12(3)20-19(24)21-16(15)13-5-7-14(25-4)8-6-13/h5-8,16H,1,9-10H2,2-4H3,(H2,20,21,24). The van der Waals surface area contributed by atoms with Gasteiger partial charge in [0, 0.05) is 11.3 Å². The lowest BCUT2D eigenvalue weighted by molar-refractivity contribution is -0.147. The smallest absolute Gasteiger partial charge is 0.338 e. The van der Waals surface area contributed by atoms with E-state index in [4.69, 9.17) is 14.2 Å². The van der Waals surface area contributed by atoms with Gasteiger partial charge in [-0.25, -0.2) is 14.4 Å². The van der Waals surface area contributed by atoms with Gasteiger partial charge in [0.2, 0.25) is 0 Å². The molecular weight excluding hydrogens is 352 g/mol. The number of methoxy groups -OCH3 is 1. The Morgan fingerprint density at radius 2 is 1.78 bits per heavy atom. The van der Waals surface area contributed by atoms with Crippen LogP contribution in [-0.4, -0.2) is 38.3 Å². The van der Waals surface area contributed by atoms with Crippen LogP contribution in [0.4, 0.5) is 4.79 Å². The first kappa shape index (κ1) is 20.0. The predicted octanol–water partition coefficient (Wildman–Crippen LogP) is 1.99. The highest BCUT2D eigenvalue weighted by Gasteiger charge is 2.32. The first-order valence-corrected chi connectivity index (χ1v) is 8.25. The molecule has 8 heteroatoms. The average molecular weight is 374 g/mol. The van der Waals surface area contributed by atoms with Gasteiger partial charge in [0.25, 0.3) is 0 Å². The number of nitrogens with one attached hydrogen (secondary N) is 2. The van der Waals surface area contributed by atoms with Crippen LogP contribution in [0.1, 0.15) is 25.5 Å². The van der Waals surface area contributed by atoms with Gasteiger partial charge >= 0.3 is 18.0 Å². The van der Waals surface area contributed by atoms with Crippen LogP contribution in [0.3, 0.4) is 0 Å². The van der Waals surface area contributed by atoms with Gasteiger partial charge in [-0.2, -0.15) is 0 Å². The SMILES string of the molecule is C=C(C)C(=O)OCCOC(=O)C1=C(C)NC(=O)NC1c1ccc(OC)cc1. The third kappa shape index (κ3) is 5.10. The predicted molar refractivity (Wildman–Crippen MR) is 96.8 cm³/mol. The molecule has 1 atom stereocenters. The van der Waals surface area contributed by atoms with Crippen LogP contribution >= 0.6 is 0 Å². The maximum Gasteiger partial charge on any atom is 0.338 e. The Balaban J connectivity index is 2.10. The number of ether oxygens (including phenoxy) is 3. The quantitative estimate of drug-likeness (QED) is 0.430. The van der Waals surface area contributed by atoms with Gasteiger partial charge in [0.1, 0.15) is 19.0 Å². The zero-order valence-corrected chi connectivity index (χ0v) is 15.5. The summed E-state index contributed by atoms with van der Waals surface area (Å²) in [5.41, 5.74) is 1.62. The molecule has 1 unspecified atom stereocenters. The molecule has 1 aliphatic rings. The van der Waals surface area contributed by atoms with E-state index in [1.54, 1.807) is 38.3 Å². The highest BCUT2D eigenvalue weighted by atomic mass is 16.6. The number of amides is 2. The molecule has 1 aromatic rings. The van der Waals surface area contributed by atoms with Crippen LogP contribution in [0, 0.1) is 0 Å². The zero-order chi connectivity index (χ0) is 20.0. The van der Waals surface area contributed by atoms with Gasteiger partial charge in [-0.15, -0.1) is 0 Å². The van der Waals surface area contributed by atoms with Crippen molar-refractivity contribution in [2.45, 2.75) is 19.9 Å². The number of rotatable bonds is 7. The summed E-state index contributed by atoms with van der Waals surface area (Å²) in [6, 6.07) is 5.89. The second-order valence-electron chi connectivity index (χ2n) is 5.90. The summed E-state index contributed by atoms with van der Waals surface area (Å²) < 4.78 is 15.2. The van der Waals surface area contributed by atoms with Gasteiger partial charge in [-0.3, -0.25) is 0 Å². The van der Waals surface area contributed by atoms with Crippen molar-refractivity contribution >= 4 is 18.0 Å². The van der Waals surface area contributed by atoms with E-state index >= 15 is 0 Å². The number of hydrogen-bond acceptors (Lipinski definition) is 6. The van der Waals surface area contributed by atoms with E-state index in [2.05, 4.69) is 17.2 Å². The second-order valence-corrected chi connectivity index (χ2v) is 5.90. The van der Waals surface area contributed by atoms with Crippen LogP contribution in [0.5, 0.6) is 5.75 Å². The summed E-state index contributed by atoms with van der Waals surface area (Å²) in [6.07, 6.45) is 0. The zero-order valence-electron chi connectivity index (χ0n) is 15.5. The second kappa shape index (κ2) is 8.88. The van der Waals surface area contributed by atoms with Crippen molar-refractivity contribution < 1.29 is 28.6 Å². The van der Waals surface area contributed by atoms with Crippen molar-refractivity contribution in [1.29, 1.82) is 0 Å². The minimum absolute atomic E-state index is 0.0866. The molecule has 0 saturated heterocycles. The molecule has 0 spiro atoms. The lowest BCUT2D eigenvalue weighted by Gasteiger charge is -2.28. The molecule has 8 nitrogen and oxygen atoms in total. The van der Waals surface area contributed by atoms with Crippen LogP contribution in [0.15, 0.2) is 47.7 Å². The summed E-state index contributed by atoms with van der Waals surface area (Å²) in [7, 11) is 1.55. The lowest BCUT2D eigenvalue weighted by atomic mass is 9.95. The summed E-state index contributed by atoms with van der Waals surface area (Å²) in [5, 5.41) is 5.27. The molecule has 2 N–H and O–H groups in total. The first-order valence-electron chi connectivity index (χ1n) is 8.25. The fraction of sp³-hybridized carbons (Fsp3) is 0.316. The molecule has 27 heavy (non-hydrogen) atoms. The van der Waals surface area contributed by atoms with E-state index in [9.17, 15) is 14.4 Å².